The lowest BCUT2D eigenvalue weighted by Gasteiger charge is -2.22. The number of aromatic hydroxyl groups is 2. The number of ketones is 1. The van der Waals surface area contributed by atoms with Gasteiger partial charge in [-0.15, -0.1) is 0 Å². The van der Waals surface area contributed by atoms with E-state index in [1.165, 1.54) is 24.3 Å². The summed E-state index contributed by atoms with van der Waals surface area (Å²) in [6.45, 7) is 14.6. The number of phenols is 2. The lowest BCUT2D eigenvalue weighted by atomic mass is 9.98. The number of phenolic OH excluding ortho intramolecular Hbond substituents is 2. The van der Waals surface area contributed by atoms with Crippen LogP contribution in [0.15, 0.2) is 24.3 Å². The third-order valence-electron chi connectivity index (χ3n) is 4.01. The van der Waals surface area contributed by atoms with E-state index in [2.05, 4.69) is 0 Å². The van der Waals surface area contributed by atoms with Crippen LogP contribution in [-0.4, -0.2) is 40.4 Å². The minimum absolute atomic E-state index is 0.0872. The fourth-order valence-electron chi connectivity index (χ4n) is 3.11. The molecule has 0 saturated carbocycles. The van der Waals surface area contributed by atoms with Crippen LogP contribution in [-0.2, 0) is 0 Å². The van der Waals surface area contributed by atoms with Crippen LogP contribution in [0.4, 0.5) is 0 Å². The molecule has 7 heteroatoms. The fraction of sp³-hybridized carbons (Fsp3) is 0.480. The second-order valence-corrected chi connectivity index (χ2v) is 8.63. The van der Waals surface area contributed by atoms with Gasteiger partial charge < -0.3 is 29.2 Å². The molecule has 0 bridgehead atoms. The van der Waals surface area contributed by atoms with Crippen molar-refractivity contribution >= 4 is 5.78 Å². The largest absolute Gasteiger partial charge is 0.508 e. The van der Waals surface area contributed by atoms with Gasteiger partial charge in [-0.1, -0.05) is 0 Å². The first-order valence-electron chi connectivity index (χ1n) is 10.8. The minimum atomic E-state index is -0.470. The van der Waals surface area contributed by atoms with Crippen molar-refractivity contribution in [3.05, 3.63) is 35.4 Å². The first-order chi connectivity index (χ1) is 14.9. The van der Waals surface area contributed by atoms with Crippen LogP contribution in [0.2, 0.25) is 0 Å². The summed E-state index contributed by atoms with van der Waals surface area (Å²) in [4.78, 5) is 14.0. The summed E-state index contributed by atoms with van der Waals surface area (Å²) in [5, 5.41) is 20.5. The van der Waals surface area contributed by atoms with Crippen LogP contribution in [0.3, 0.4) is 0 Å². The second-order valence-electron chi connectivity index (χ2n) is 8.63. The molecular formula is C25H34O7. The van der Waals surface area contributed by atoms with Gasteiger partial charge in [-0.2, -0.15) is 0 Å². The van der Waals surface area contributed by atoms with Gasteiger partial charge in [-0.05, 0) is 55.4 Å². The highest BCUT2D eigenvalue weighted by atomic mass is 16.5. The molecule has 0 spiro atoms. The predicted molar refractivity (Wildman–Crippen MR) is 123 cm³/mol. The molecule has 176 valence electrons. The molecular weight excluding hydrogens is 412 g/mol. The highest BCUT2D eigenvalue weighted by Gasteiger charge is 2.30. The van der Waals surface area contributed by atoms with Crippen molar-refractivity contribution in [2.75, 3.05) is 0 Å². The Balaban J connectivity index is 2.82. The van der Waals surface area contributed by atoms with Gasteiger partial charge in [0.2, 0.25) is 5.78 Å². The molecule has 2 rings (SSSR count). The van der Waals surface area contributed by atoms with Crippen LogP contribution in [0.1, 0.15) is 71.3 Å². The summed E-state index contributed by atoms with van der Waals surface area (Å²) >= 11 is 0. The van der Waals surface area contributed by atoms with Crippen molar-refractivity contribution in [1.29, 1.82) is 0 Å². The van der Waals surface area contributed by atoms with Crippen LogP contribution in [0.5, 0.6) is 34.5 Å². The summed E-state index contributed by atoms with van der Waals surface area (Å²) in [7, 11) is 0. The number of hydrogen-bond donors (Lipinski definition) is 2. The zero-order valence-corrected chi connectivity index (χ0v) is 20.1. The monoisotopic (exact) mass is 446 g/mol. The molecule has 0 aromatic heterocycles. The van der Waals surface area contributed by atoms with E-state index in [1.54, 1.807) is 0 Å². The van der Waals surface area contributed by atoms with Gasteiger partial charge in [0.15, 0.2) is 0 Å². The number of rotatable bonds is 10. The molecule has 0 aliphatic rings. The number of hydrogen-bond acceptors (Lipinski definition) is 7. The topological polar surface area (TPSA) is 94.5 Å². The standard InChI is InChI=1S/C25H34O7/c1-13(2)29-19-9-17(26)10-20(30-14(3)4)23(19)25(28)24-21(31-15(5)6)11-18(27)12-22(24)32-16(7)8/h9-16,26-27H,1-8H3. The van der Waals surface area contributed by atoms with Gasteiger partial charge in [-0.25, -0.2) is 0 Å². The molecule has 0 radical (unpaired) electrons. The quantitative estimate of drug-likeness (QED) is 0.467. The van der Waals surface area contributed by atoms with E-state index in [9.17, 15) is 15.0 Å². The third-order valence-corrected chi connectivity index (χ3v) is 4.01. The molecule has 2 N–H and O–H groups in total. The lowest BCUT2D eigenvalue weighted by Crippen LogP contribution is -2.18. The van der Waals surface area contributed by atoms with Crippen LogP contribution in [0.25, 0.3) is 0 Å². The maximum Gasteiger partial charge on any atom is 0.208 e. The summed E-state index contributed by atoms with van der Waals surface area (Å²) in [6.07, 6.45) is -1.03. The Bertz CT molecular complexity index is 808. The fourth-order valence-corrected chi connectivity index (χ4v) is 3.11. The van der Waals surface area contributed by atoms with Crippen LogP contribution in [0, 0.1) is 0 Å². The van der Waals surface area contributed by atoms with Gasteiger partial charge in [0.05, 0.1) is 24.4 Å². The summed E-state index contributed by atoms with van der Waals surface area (Å²) in [5.74, 6) is 0.0770. The molecule has 0 heterocycles. The highest BCUT2D eigenvalue weighted by molar-refractivity contribution is 6.16. The highest BCUT2D eigenvalue weighted by Crippen LogP contribution is 2.42. The molecule has 0 aliphatic carbocycles. The molecule has 2 aromatic rings. The Morgan fingerprint density at radius 1 is 0.562 bits per heavy atom. The number of ether oxygens (including phenoxy) is 4. The zero-order chi connectivity index (χ0) is 24.2. The molecule has 0 fully saturated rings. The Hall–Kier alpha value is -3.09. The van der Waals surface area contributed by atoms with Gasteiger partial charge in [0.25, 0.3) is 0 Å². The van der Waals surface area contributed by atoms with Crippen LogP contribution >= 0.6 is 0 Å². The van der Waals surface area contributed by atoms with Crippen molar-refractivity contribution in [3.8, 4) is 34.5 Å². The normalized spacial score (nSPS) is 11.4. The average Bonchev–Trinajstić information content (AvgIpc) is 2.58. The van der Waals surface area contributed by atoms with Gasteiger partial charge in [0, 0.05) is 24.3 Å². The molecule has 0 aliphatic heterocycles. The first-order valence-corrected chi connectivity index (χ1v) is 10.8. The van der Waals surface area contributed by atoms with E-state index < -0.39 is 5.78 Å². The number of carbonyl (C=O) groups is 1. The van der Waals surface area contributed by atoms with Crippen molar-refractivity contribution in [1.82, 2.24) is 0 Å². The van der Waals surface area contributed by atoms with Gasteiger partial charge >= 0.3 is 0 Å². The minimum Gasteiger partial charge on any atom is -0.508 e. The van der Waals surface area contributed by atoms with E-state index in [4.69, 9.17) is 18.9 Å². The SMILES string of the molecule is CC(C)Oc1cc(O)cc(OC(C)C)c1C(=O)c1c(OC(C)C)cc(O)cc1OC(C)C. The summed E-state index contributed by atoms with van der Waals surface area (Å²) in [6, 6.07) is 5.53. The maximum absolute atomic E-state index is 14.0. The second kappa shape index (κ2) is 10.5. The van der Waals surface area contributed by atoms with Crippen LogP contribution < -0.4 is 18.9 Å². The Labute approximate surface area is 189 Å². The zero-order valence-electron chi connectivity index (χ0n) is 20.1. The first kappa shape index (κ1) is 25.2. The van der Waals surface area contributed by atoms with Crippen molar-refractivity contribution in [2.24, 2.45) is 0 Å². The maximum atomic E-state index is 14.0. The number of carbonyl (C=O) groups excluding carboxylic acids is 1. The average molecular weight is 447 g/mol. The van der Waals surface area contributed by atoms with Crippen molar-refractivity contribution < 1.29 is 34.0 Å². The lowest BCUT2D eigenvalue weighted by molar-refractivity contribution is 0.101. The summed E-state index contributed by atoms with van der Waals surface area (Å²) < 4.78 is 23.5. The van der Waals surface area contributed by atoms with E-state index in [-0.39, 0.29) is 70.0 Å². The van der Waals surface area contributed by atoms with E-state index in [0.29, 0.717) is 0 Å². The molecule has 32 heavy (non-hydrogen) atoms. The molecule has 2 aromatic carbocycles. The van der Waals surface area contributed by atoms with E-state index in [0.717, 1.165) is 0 Å². The van der Waals surface area contributed by atoms with Gasteiger partial charge in [0.1, 0.15) is 45.6 Å². The van der Waals surface area contributed by atoms with Crippen molar-refractivity contribution in [2.45, 2.75) is 79.8 Å². The van der Waals surface area contributed by atoms with Crippen molar-refractivity contribution in [3.63, 3.8) is 0 Å². The molecule has 0 saturated heterocycles. The van der Waals surface area contributed by atoms with E-state index >= 15 is 0 Å². The van der Waals surface area contributed by atoms with Gasteiger partial charge in [-0.3, -0.25) is 4.79 Å². The molecule has 0 unspecified atom stereocenters. The third kappa shape index (κ3) is 6.45. The molecule has 0 amide bonds. The molecule has 0 atom stereocenters. The smallest absolute Gasteiger partial charge is 0.208 e. The summed E-state index contributed by atoms with van der Waals surface area (Å²) in [5.41, 5.74) is 0.274. The number of benzene rings is 2. The Morgan fingerprint density at radius 2 is 0.781 bits per heavy atom. The predicted octanol–water partition coefficient (Wildman–Crippen LogP) is 5.48. The Kier molecular flexibility index (Phi) is 8.25. The van der Waals surface area contributed by atoms with E-state index in [1.807, 2.05) is 55.4 Å². The molecule has 7 nitrogen and oxygen atoms in total. The Morgan fingerprint density at radius 3 is 0.969 bits per heavy atom.